The van der Waals surface area contributed by atoms with E-state index in [9.17, 15) is 13.2 Å². The highest BCUT2D eigenvalue weighted by Gasteiger charge is 2.21. The van der Waals surface area contributed by atoms with Gasteiger partial charge in [-0.1, -0.05) is 53.3 Å². The van der Waals surface area contributed by atoms with Gasteiger partial charge in [0, 0.05) is 16.1 Å². The van der Waals surface area contributed by atoms with Crippen molar-refractivity contribution < 1.29 is 13.2 Å². The normalized spacial score (nSPS) is 11.3. The van der Waals surface area contributed by atoms with E-state index in [1.54, 1.807) is 43.3 Å². The van der Waals surface area contributed by atoms with Gasteiger partial charge in [-0.15, -0.1) is 10.2 Å². The Balaban J connectivity index is 1.56. The summed E-state index contributed by atoms with van der Waals surface area (Å²) in [7, 11) is -3.91. The Hall–Kier alpha value is -3.27. The summed E-state index contributed by atoms with van der Waals surface area (Å²) in [5, 5.41) is 12.3. The number of sulfonamides is 1. The quantitative estimate of drug-likeness (QED) is 0.338. The third kappa shape index (κ3) is 5.11. The molecule has 0 bridgehead atoms. The molecule has 0 aliphatic carbocycles. The van der Waals surface area contributed by atoms with E-state index in [-0.39, 0.29) is 10.5 Å². The molecule has 34 heavy (non-hydrogen) atoms. The Morgan fingerprint density at radius 2 is 1.68 bits per heavy atom. The molecule has 0 unspecified atom stereocenters. The Kier molecular flexibility index (Phi) is 6.70. The van der Waals surface area contributed by atoms with Crippen molar-refractivity contribution in [2.45, 2.75) is 25.7 Å². The van der Waals surface area contributed by atoms with Crippen LogP contribution in [0.5, 0.6) is 0 Å². The summed E-state index contributed by atoms with van der Waals surface area (Å²) in [4.78, 5) is 12.9. The van der Waals surface area contributed by atoms with E-state index >= 15 is 0 Å². The molecule has 0 spiro atoms. The van der Waals surface area contributed by atoms with Crippen LogP contribution in [0.15, 0.2) is 65.6 Å². The number of amides is 1. The van der Waals surface area contributed by atoms with Gasteiger partial charge in [0.2, 0.25) is 5.13 Å². The lowest BCUT2D eigenvalue weighted by molar-refractivity contribution is 0.102. The van der Waals surface area contributed by atoms with Gasteiger partial charge in [-0.25, -0.2) is 8.42 Å². The van der Waals surface area contributed by atoms with Crippen molar-refractivity contribution in [2.24, 2.45) is 0 Å². The van der Waals surface area contributed by atoms with Gasteiger partial charge in [0.05, 0.1) is 10.6 Å². The van der Waals surface area contributed by atoms with Crippen LogP contribution in [-0.2, 0) is 10.0 Å². The molecule has 0 atom stereocenters. The predicted molar refractivity (Wildman–Crippen MR) is 136 cm³/mol. The number of benzene rings is 3. The fourth-order valence-corrected chi connectivity index (χ4v) is 5.51. The molecule has 0 aliphatic heterocycles. The molecule has 2 N–H and O–H groups in total. The van der Waals surface area contributed by atoms with Crippen LogP contribution >= 0.6 is 22.9 Å². The first-order chi connectivity index (χ1) is 16.1. The Bertz CT molecular complexity index is 1480. The number of rotatable bonds is 6. The first-order valence-electron chi connectivity index (χ1n) is 10.2. The second kappa shape index (κ2) is 9.54. The molecule has 174 valence electrons. The number of aromatic nitrogens is 2. The van der Waals surface area contributed by atoms with Crippen molar-refractivity contribution in [2.75, 3.05) is 10.0 Å². The summed E-state index contributed by atoms with van der Waals surface area (Å²) in [6, 6.07) is 17.1. The van der Waals surface area contributed by atoms with Crippen molar-refractivity contribution in [1.82, 2.24) is 10.2 Å². The molecule has 1 aromatic heterocycles. The zero-order chi connectivity index (χ0) is 24.5. The highest BCUT2D eigenvalue weighted by atomic mass is 35.5. The van der Waals surface area contributed by atoms with Crippen LogP contribution in [-0.4, -0.2) is 24.5 Å². The molecule has 0 aliphatic rings. The number of carbonyl (C=O) groups is 1. The maximum atomic E-state index is 13.1. The van der Waals surface area contributed by atoms with Crippen LogP contribution in [0.4, 0.5) is 10.8 Å². The first-order valence-corrected chi connectivity index (χ1v) is 12.9. The van der Waals surface area contributed by atoms with Gasteiger partial charge in [0.1, 0.15) is 5.01 Å². The average Bonchev–Trinajstić information content (AvgIpc) is 3.26. The predicted octanol–water partition coefficient (Wildman–Crippen LogP) is 5.84. The minimum atomic E-state index is -3.91. The Morgan fingerprint density at radius 1 is 0.941 bits per heavy atom. The van der Waals surface area contributed by atoms with Crippen molar-refractivity contribution in [3.63, 3.8) is 0 Å². The van der Waals surface area contributed by atoms with Crippen LogP contribution < -0.4 is 10.0 Å². The molecule has 4 aromatic rings. The number of halogens is 1. The van der Waals surface area contributed by atoms with Gasteiger partial charge >= 0.3 is 0 Å². The molecule has 0 radical (unpaired) electrons. The number of hydrogen-bond acceptors (Lipinski definition) is 6. The molecule has 1 heterocycles. The van der Waals surface area contributed by atoms with E-state index in [1.807, 2.05) is 32.0 Å². The summed E-state index contributed by atoms with van der Waals surface area (Å²) in [5.41, 5.74) is 3.84. The molecule has 3 aromatic carbocycles. The zero-order valence-corrected chi connectivity index (χ0v) is 21.0. The minimum absolute atomic E-state index is 0.0279. The standard InChI is InChI=1S/C24H21ClN4O3S2/c1-14-5-4-6-20(16(14)3)29-34(31,32)21-13-18(8-7-15(21)2)22(30)26-24-28-27-23(33-24)17-9-11-19(25)12-10-17/h4-13,29H,1-3H3,(H,26,28,30). The first kappa shape index (κ1) is 23.9. The fraction of sp³-hybridized carbons (Fsp3) is 0.125. The topological polar surface area (TPSA) is 101 Å². The summed E-state index contributed by atoms with van der Waals surface area (Å²) in [6.45, 7) is 5.45. The van der Waals surface area contributed by atoms with Gasteiger partial charge in [-0.2, -0.15) is 0 Å². The highest BCUT2D eigenvalue weighted by molar-refractivity contribution is 7.92. The number of carbonyl (C=O) groups excluding carboxylic acids is 1. The molecular weight excluding hydrogens is 492 g/mol. The van der Waals surface area contributed by atoms with E-state index in [1.165, 1.54) is 17.4 Å². The average molecular weight is 513 g/mol. The fourth-order valence-electron chi connectivity index (χ4n) is 3.24. The van der Waals surface area contributed by atoms with Gasteiger partial charge < -0.3 is 0 Å². The number of nitrogens with one attached hydrogen (secondary N) is 2. The van der Waals surface area contributed by atoms with E-state index in [0.717, 1.165) is 16.7 Å². The SMILES string of the molecule is Cc1ccc(C(=O)Nc2nnc(-c3ccc(Cl)cc3)s2)cc1S(=O)(=O)Nc1cccc(C)c1C. The van der Waals surface area contributed by atoms with Crippen LogP contribution in [0.2, 0.25) is 5.02 Å². The maximum absolute atomic E-state index is 13.1. The van der Waals surface area contributed by atoms with Crippen LogP contribution in [0, 0.1) is 20.8 Å². The van der Waals surface area contributed by atoms with Crippen LogP contribution in [0.1, 0.15) is 27.0 Å². The highest BCUT2D eigenvalue weighted by Crippen LogP contribution is 2.28. The van der Waals surface area contributed by atoms with Gasteiger partial charge in [0.15, 0.2) is 0 Å². The third-order valence-electron chi connectivity index (χ3n) is 5.33. The second-order valence-electron chi connectivity index (χ2n) is 7.71. The number of nitrogens with zero attached hydrogens (tertiary/aromatic N) is 2. The molecule has 0 fully saturated rings. The molecule has 0 saturated heterocycles. The van der Waals surface area contributed by atoms with Crippen molar-refractivity contribution >= 4 is 49.7 Å². The lowest BCUT2D eigenvalue weighted by Gasteiger charge is -2.14. The van der Waals surface area contributed by atoms with E-state index in [2.05, 4.69) is 20.2 Å². The van der Waals surface area contributed by atoms with Crippen molar-refractivity contribution in [3.05, 3.63) is 87.9 Å². The molecule has 7 nitrogen and oxygen atoms in total. The van der Waals surface area contributed by atoms with Crippen molar-refractivity contribution in [1.29, 1.82) is 0 Å². The van der Waals surface area contributed by atoms with Crippen LogP contribution in [0.3, 0.4) is 0 Å². The van der Waals surface area contributed by atoms with Crippen molar-refractivity contribution in [3.8, 4) is 10.6 Å². The second-order valence-corrected chi connectivity index (χ2v) is 10.8. The van der Waals surface area contributed by atoms with Crippen LogP contribution in [0.25, 0.3) is 10.6 Å². The Morgan fingerprint density at radius 3 is 2.41 bits per heavy atom. The molecule has 10 heteroatoms. The zero-order valence-electron chi connectivity index (χ0n) is 18.6. The summed E-state index contributed by atoms with van der Waals surface area (Å²) < 4.78 is 28.9. The smallest absolute Gasteiger partial charge is 0.262 e. The van der Waals surface area contributed by atoms with E-state index in [0.29, 0.717) is 26.4 Å². The van der Waals surface area contributed by atoms with E-state index in [4.69, 9.17) is 11.6 Å². The summed E-state index contributed by atoms with van der Waals surface area (Å²) in [6.07, 6.45) is 0. The largest absolute Gasteiger partial charge is 0.296 e. The lowest BCUT2D eigenvalue weighted by Crippen LogP contribution is -2.17. The Labute approximate surface area is 206 Å². The summed E-state index contributed by atoms with van der Waals surface area (Å²) in [5.74, 6) is -0.484. The molecular formula is C24H21ClN4O3S2. The number of hydrogen-bond donors (Lipinski definition) is 2. The lowest BCUT2D eigenvalue weighted by atomic mass is 10.1. The molecule has 4 rings (SSSR count). The van der Waals surface area contributed by atoms with Gasteiger partial charge in [0.25, 0.3) is 15.9 Å². The van der Waals surface area contributed by atoms with E-state index < -0.39 is 15.9 Å². The number of aryl methyl sites for hydroxylation is 2. The maximum Gasteiger partial charge on any atom is 0.262 e. The number of anilines is 2. The summed E-state index contributed by atoms with van der Waals surface area (Å²) >= 11 is 7.12. The van der Waals surface area contributed by atoms with Gasteiger partial charge in [-0.3, -0.25) is 14.8 Å². The third-order valence-corrected chi connectivity index (χ3v) is 7.97. The minimum Gasteiger partial charge on any atom is -0.296 e. The van der Waals surface area contributed by atoms with Gasteiger partial charge in [-0.05, 0) is 67.8 Å². The molecule has 0 saturated carbocycles. The molecule has 1 amide bonds. The monoisotopic (exact) mass is 512 g/mol.